The minimum Gasteiger partial charge on any atom is -0.395 e. The number of carbonyl (C=O) groups is 1. The topological polar surface area (TPSA) is 49.3 Å². The van der Waals surface area contributed by atoms with Gasteiger partial charge in [0.1, 0.15) is 0 Å². The van der Waals surface area contributed by atoms with Crippen LogP contribution in [0.5, 0.6) is 0 Å². The minimum atomic E-state index is -0.0840. The van der Waals surface area contributed by atoms with Crippen molar-refractivity contribution in [2.45, 2.75) is 46.1 Å². The predicted molar refractivity (Wildman–Crippen MR) is 81.6 cm³/mol. The number of hydrogen-bond acceptors (Lipinski definition) is 2. The van der Waals surface area contributed by atoms with Crippen molar-refractivity contribution in [2.75, 3.05) is 6.61 Å². The Morgan fingerprint density at radius 1 is 1.45 bits per heavy atom. The van der Waals surface area contributed by atoms with Gasteiger partial charge in [0.05, 0.1) is 12.2 Å². The molecule has 108 valence electrons. The smallest absolute Gasteiger partial charge is 0.252 e. The van der Waals surface area contributed by atoms with E-state index in [1.807, 2.05) is 32.0 Å². The zero-order valence-electron chi connectivity index (χ0n) is 12.5. The highest BCUT2D eigenvalue weighted by atomic mass is 16.2. The standard InChI is InChI=1S/C17H23NO2/c1-4-7-14(3)18-17(20)16-10-9-13(2)12-15(16)8-5-6-11-19/h9-10,12,14,19H,4,6-7,11H2,1-3H3,(H,18,20). The van der Waals surface area contributed by atoms with E-state index in [2.05, 4.69) is 24.1 Å². The van der Waals surface area contributed by atoms with Gasteiger partial charge < -0.3 is 10.4 Å². The summed E-state index contributed by atoms with van der Waals surface area (Å²) in [7, 11) is 0. The Bertz CT molecular complexity index is 511. The fourth-order valence-corrected chi connectivity index (χ4v) is 1.98. The second kappa shape index (κ2) is 8.39. The highest BCUT2D eigenvalue weighted by molar-refractivity contribution is 5.97. The normalized spacial score (nSPS) is 11.4. The summed E-state index contributed by atoms with van der Waals surface area (Å²) in [6.07, 6.45) is 2.42. The van der Waals surface area contributed by atoms with Crippen LogP contribution in [0.3, 0.4) is 0 Å². The monoisotopic (exact) mass is 273 g/mol. The molecule has 0 spiro atoms. The summed E-state index contributed by atoms with van der Waals surface area (Å²) in [5.74, 6) is 5.76. The van der Waals surface area contributed by atoms with Gasteiger partial charge in [0.25, 0.3) is 5.91 Å². The van der Waals surface area contributed by atoms with Crippen LogP contribution in [0.15, 0.2) is 18.2 Å². The Morgan fingerprint density at radius 2 is 2.20 bits per heavy atom. The molecule has 3 heteroatoms. The van der Waals surface area contributed by atoms with E-state index in [1.165, 1.54) is 0 Å². The van der Waals surface area contributed by atoms with E-state index >= 15 is 0 Å². The molecule has 0 saturated carbocycles. The molecule has 0 heterocycles. The molecule has 1 amide bonds. The zero-order valence-corrected chi connectivity index (χ0v) is 12.5. The van der Waals surface area contributed by atoms with Gasteiger partial charge in [-0.2, -0.15) is 0 Å². The van der Waals surface area contributed by atoms with E-state index < -0.39 is 0 Å². The van der Waals surface area contributed by atoms with Crippen LogP contribution in [0, 0.1) is 18.8 Å². The quantitative estimate of drug-likeness (QED) is 0.810. The van der Waals surface area contributed by atoms with Crippen LogP contribution in [0.2, 0.25) is 0 Å². The largest absolute Gasteiger partial charge is 0.395 e. The van der Waals surface area contributed by atoms with Crippen molar-refractivity contribution < 1.29 is 9.90 Å². The van der Waals surface area contributed by atoms with Gasteiger partial charge in [-0.3, -0.25) is 4.79 Å². The first-order chi connectivity index (χ1) is 9.58. The van der Waals surface area contributed by atoms with Gasteiger partial charge in [-0.1, -0.05) is 31.3 Å². The van der Waals surface area contributed by atoms with E-state index in [0.29, 0.717) is 12.0 Å². The van der Waals surface area contributed by atoms with E-state index in [4.69, 9.17) is 5.11 Å². The van der Waals surface area contributed by atoms with E-state index in [0.717, 1.165) is 24.0 Å². The summed E-state index contributed by atoms with van der Waals surface area (Å²) in [6, 6.07) is 5.79. The summed E-state index contributed by atoms with van der Waals surface area (Å²) in [5, 5.41) is 11.8. The van der Waals surface area contributed by atoms with Crippen LogP contribution in [0.25, 0.3) is 0 Å². The molecule has 0 aliphatic rings. The molecule has 1 atom stereocenters. The van der Waals surface area contributed by atoms with Gasteiger partial charge in [0.15, 0.2) is 0 Å². The van der Waals surface area contributed by atoms with Gasteiger partial charge >= 0.3 is 0 Å². The molecule has 0 bridgehead atoms. The van der Waals surface area contributed by atoms with Crippen LogP contribution >= 0.6 is 0 Å². The average molecular weight is 273 g/mol. The van der Waals surface area contributed by atoms with E-state index in [1.54, 1.807) is 0 Å². The lowest BCUT2D eigenvalue weighted by Gasteiger charge is -2.13. The van der Waals surface area contributed by atoms with E-state index in [-0.39, 0.29) is 18.6 Å². The molecule has 2 N–H and O–H groups in total. The molecule has 1 unspecified atom stereocenters. The predicted octanol–water partition coefficient (Wildman–Crippen LogP) is 2.65. The molecule has 0 aromatic heterocycles. The average Bonchev–Trinajstić information content (AvgIpc) is 2.39. The molecular weight excluding hydrogens is 250 g/mol. The molecule has 0 fully saturated rings. The van der Waals surface area contributed by atoms with Crippen LogP contribution in [0.1, 0.15) is 54.6 Å². The van der Waals surface area contributed by atoms with Gasteiger partial charge in [-0.05, 0) is 38.0 Å². The Balaban J connectivity index is 2.93. The number of hydrogen-bond donors (Lipinski definition) is 2. The summed E-state index contributed by atoms with van der Waals surface area (Å²) in [6.45, 7) is 6.11. The third kappa shape index (κ3) is 5.07. The Hall–Kier alpha value is -1.79. The number of nitrogens with one attached hydrogen (secondary N) is 1. The second-order valence-electron chi connectivity index (χ2n) is 4.99. The number of rotatable bonds is 5. The molecule has 1 aromatic rings. The molecule has 1 rings (SSSR count). The maximum absolute atomic E-state index is 12.3. The van der Waals surface area contributed by atoms with Gasteiger partial charge in [0, 0.05) is 18.0 Å². The molecule has 0 aliphatic carbocycles. The van der Waals surface area contributed by atoms with Gasteiger partial charge in [0.2, 0.25) is 0 Å². The number of aryl methyl sites for hydroxylation is 1. The molecule has 3 nitrogen and oxygen atoms in total. The first kappa shape index (κ1) is 16.3. The third-order valence-corrected chi connectivity index (χ3v) is 2.98. The first-order valence-electron chi connectivity index (χ1n) is 7.09. The van der Waals surface area contributed by atoms with Crippen molar-refractivity contribution >= 4 is 5.91 Å². The van der Waals surface area contributed by atoms with Crippen molar-refractivity contribution in [2.24, 2.45) is 0 Å². The number of amides is 1. The molecule has 0 saturated heterocycles. The Morgan fingerprint density at radius 3 is 2.85 bits per heavy atom. The van der Waals surface area contributed by atoms with Crippen LogP contribution < -0.4 is 5.32 Å². The number of aliphatic hydroxyl groups excluding tert-OH is 1. The number of carbonyl (C=O) groups excluding carboxylic acids is 1. The van der Waals surface area contributed by atoms with Crippen molar-refractivity contribution in [3.8, 4) is 11.8 Å². The Labute approximate surface area is 121 Å². The molecule has 0 radical (unpaired) electrons. The SMILES string of the molecule is CCCC(C)NC(=O)c1ccc(C)cc1C#CCCO. The molecule has 20 heavy (non-hydrogen) atoms. The van der Waals surface area contributed by atoms with Crippen molar-refractivity contribution in [3.05, 3.63) is 34.9 Å². The molecule has 1 aromatic carbocycles. The van der Waals surface area contributed by atoms with Crippen molar-refractivity contribution in [1.29, 1.82) is 0 Å². The zero-order chi connectivity index (χ0) is 15.0. The van der Waals surface area contributed by atoms with Crippen LogP contribution in [-0.2, 0) is 0 Å². The highest BCUT2D eigenvalue weighted by Gasteiger charge is 2.12. The lowest BCUT2D eigenvalue weighted by atomic mass is 10.0. The molecular formula is C17H23NO2. The van der Waals surface area contributed by atoms with Gasteiger partial charge in [-0.15, -0.1) is 0 Å². The van der Waals surface area contributed by atoms with E-state index in [9.17, 15) is 4.79 Å². The maximum Gasteiger partial charge on any atom is 0.252 e. The van der Waals surface area contributed by atoms with Crippen molar-refractivity contribution in [1.82, 2.24) is 5.32 Å². The maximum atomic E-state index is 12.3. The summed E-state index contributed by atoms with van der Waals surface area (Å²) in [4.78, 5) is 12.3. The van der Waals surface area contributed by atoms with Crippen molar-refractivity contribution in [3.63, 3.8) is 0 Å². The second-order valence-corrected chi connectivity index (χ2v) is 4.99. The fraction of sp³-hybridized carbons (Fsp3) is 0.471. The molecule has 0 aliphatic heterocycles. The Kier molecular flexibility index (Phi) is 6.83. The summed E-state index contributed by atoms with van der Waals surface area (Å²) < 4.78 is 0. The number of aliphatic hydroxyl groups is 1. The first-order valence-corrected chi connectivity index (χ1v) is 7.09. The highest BCUT2D eigenvalue weighted by Crippen LogP contribution is 2.11. The lowest BCUT2D eigenvalue weighted by Crippen LogP contribution is -2.32. The van der Waals surface area contributed by atoms with Gasteiger partial charge in [-0.25, -0.2) is 0 Å². The fourth-order valence-electron chi connectivity index (χ4n) is 1.98. The number of benzene rings is 1. The lowest BCUT2D eigenvalue weighted by molar-refractivity contribution is 0.0938. The summed E-state index contributed by atoms with van der Waals surface area (Å²) in [5.41, 5.74) is 2.39. The summed E-state index contributed by atoms with van der Waals surface area (Å²) >= 11 is 0. The third-order valence-electron chi connectivity index (χ3n) is 2.98. The van der Waals surface area contributed by atoms with Crippen LogP contribution in [0.4, 0.5) is 0 Å². The minimum absolute atomic E-state index is 0.0356. The van der Waals surface area contributed by atoms with Crippen LogP contribution in [-0.4, -0.2) is 23.7 Å².